The van der Waals surface area contributed by atoms with Gasteiger partial charge < -0.3 is 4.90 Å². The van der Waals surface area contributed by atoms with E-state index in [1.807, 2.05) is 17.0 Å². The fourth-order valence-corrected chi connectivity index (χ4v) is 5.05. The fourth-order valence-electron chi connectivity index (χ4n) is 3.07. The summed E-state index contributed by atoms with van der Waals surface area (Å²) >= 11 is 3.42. The minimum atomic E-state index is 0. The van der Waals surface area contributed by atoms with Crippen LogP contribution in [0.1, 0.15) is 24.8 Å². The smallest absolute Gasteiger partial charge is 0.228 e. The molecule has 3 aromatic rings. The second kappa shape index (κ2) is 12.3. The molecule has 0 bridgehead atoms. The van der Waals surface area contributed by atoms with E-state index >= 15 is 0 Å². The summed E-state index contributed by atoms with van der Waals surface area (Å²) in [7, 11) is 4.13. The Kier molecular flexibility index (Phi) is 10.1. The first kappa shape index (κ1) is 24.7. The number of amides is 1. The van der Waals surface area contributed by atoms with E-state index in [0.717, 1.165) is 40.5 Å². The van der Waals surface area contributed by atoms with Crippen molar-refractivity contribution in [2.24, 2.45) is 0 Å². The molecule has 0 aliphatic rings. The number of rotatable bonds is 10. The number of halogens is 1. The fraction of sp³-hybridized carbons (Fsp3) is 0.391. The molecule has 0 radical (unpaired) electrons. The van der Waals surface area contributed by atoms with E-state index in [1.54, 1.807) is 23.1 Å². The van der Waals surface area contributed by atoms with Crippen molar-refractivity contribution in [3.63, 3.8) is 0 Å². The van der Waals surface area contributed by atoms with Crippen molar-refractivity contribution in [2.45, 2.75) is 31.1 Å². The van der Waals surface area contributed by atoms with E-state index in [9.17, 15) is 4.79 Å². The highest BCUT2D eigenvalue weighted by molar-refractivity contribution is 7.99. The number of hydrogen-bond acceptors (Lipinski definition) is 5. The summed E-state index contributed by atoms with van der Waals surface area (Å²) in [6.45, 7) is 3.75. The molecule has 0 N–H and O–H groups in total. The molecule has 0 aliphatic carbocycles. The van der Waals surface area contributed by atoms with Crippen LogP contribution in [0.15, 0.2) is 53.4 Å². The third-order valence-electron chi connectivity index (χ3n) is 4.60. The first-order chi connectivity index (χ1) is 14.0. The number of thiazole rings is 1. The van der Waals surface area contributed by atoms with Gasteiger partial charge in [0.25, 0.3) is 0 Å². The Labute approximate surface area is 194 Å². The lowest BCUT2D eigenvalue weighted by Gasteiger charge is -2.21. The predicted octanol–water partition coefficient (Wildman–Crippen LogP) is 5.88. The van der Waals surface area contributed by atoms with Gasteiger partial charge in [0.05, 0.1) is 10.2 Å². The maximum Gasteiger partial charge on any atom is 0.228 e. The Hall–Kier alpha value is -1.60. The summed E-state index contributed by atoms with van der Waals surface area (Å²) in [6.07, 6.45) is 2.36. The third kappa shape index (κ3) is 7.27. The summed E-state index contributed by atoms with van der Waals surface area (Å²) in [5, 5.41) is 0.824. The summed E-state index contributed by atoms with van der Waals surface area (Å²) in [5.74, 6) is 1.12. The van der Waals surface area contributed by atoms with Gasteiger partial charge in [-0.05, 0) is 76.0 Å². The SMILES string of the molecule is Cc1ccc2nc(N(CCCN(C)C)C(=O)CCCSc3ccccc3)sc2c1.Cl. The Bertz CT molecular complexity index is 931. The Morgan fingerprint density at radius 3 is 2.57 bits per heavy atom. The zero-order valence-corrected chi connectivity index (χ0v) is 20.3. The second-order valence-electron chi connectivity index (χ2n) is 7.43. The molecule has 1 aromatic heterocycles. The van der Waals surface area contributed by atoms with Gasteiger partial charge in [-0.15, -0.1) is 24.2 Å². The number of fused-ring (bicyclic) bond motifs is 1. The molecular weight excluding hydrogens is 434 g/mol. The van der Waals surface area contributed by atoms with Crippen molar-refractivity contribution < 1.29 is 4.79 Å². The Morgan fingerprint density at radius 1 is 1.07 bits per heavy atom. The first-order valence-corrected chi connectivity index (χ1v) is 11.8. The molecule has 3 rings (SSSR count). The van der Waals surface area contributed by atoms with Crippen LogP contribution in [0.4, 0.5) is 5.13 Å². The van der Waals surface area contributed by atoms with E-state index in [1.165, 1.54) is 10.5 Å². The molecule has 7 heteroatoms. The number of benzene rings is 2. The van der Waals surface area contributed by atoms with Crippen LogP contribution in [0.5, 0.6) is 0 Å². The number of aromatic nitrogens is 1. The number of aryl methyl sites for hydroxylation is 1. The van der Waals surface area contributed by atoms with Gasteiger partial charge >= 0.3 is 0 Å². The van der Waals surface area contributed by atoms with E-state index < -0.39 is 0 Å². The van der Waals surface area contributed by atoms with Crippen LogP contribution in [0.25, 0.3) is 10.2 Å². The number of anilines is 1. The number of carbonyl (C=O) groups excluding carboxylic acids is 1. The Morgan fingerprint density at radius 2 is 1.83 bits per heavy atom. The quantitative estimate of drug-likeness (QED) is 0.277. The van der Waals surface area contributed by atoms with Crippen molar-refractivity contribution >= 4 is 56.8 Å². The maximum absolute atomic E-state index is 13.0. The third-order valence-corrected chi connectivity index (χ3v) is 6.74. The van der Waals surface area contributed by atoms with Crippen LogP contribution in [0.2, 0.25) is 0 Å². The molecule has 0 aliphatic heterocycles. The minimum absolute atomic E-state index is 0. The molecule has 0 atom stereocenters. The van der Waals surface area contributed by atoms with E-state index in [4.69, 9.17) is 4.98 Å². The van der Waals surface area contributed by atoms with Crippen molar-refractivity contribution in [2.75, 3.05) is 37.8 Å². The summed E-state index contributed by atoms with van der Waals surface area (Å²) in [6, 6.07) is 16.6. The van der Waals surface area contributed by atoms with Crippen LogP contribution >= 0.6 is 35.5 Å². The molecule has 162 valence electrons. The average molecular weight is 464 g/mol. The molecule has 2 aromatic carbocycles. The number of carbonyl (C=O) groups is 1. The van der Waals surface area contributed by atoms with Gasteiger partial charge in [0.1, 0.15) is 0 Å². The zero-order valence-electron chi connectivity index (χ0n) is 17.8. The molecule has 30 heavy (non-hydrogen) atoms. The second-order valence-corrected chi connectivity index (χ2v) is 9.61. The van der Waals surface area contributed by atoms with Crippen LogP contribution in [0, 0.1) is 6.92 Å². The van der Waals surface area contributed by atoms with Crippen LogP contribution in [-0.4, -0.2) is 48.7 Å². The van der Waals surface area contributed by atoms with Crippen LogP contribution < -0.4 is 4.90 Å². The van der Waals surface area contributed by atoms with Gasteiger partial charge in [-0.1, -0.05) is 35.6 Å². The molecular formula is C23H30ClN3OS2. The predicted molar refractivity (Wildman–Crippen MR) is 134 cm³/mol. The molecule has 0 saturated carbocycles. The lowest BCUT2D eigenvalue weighted by atomic mass is 10.2. The molecule has 0 unspecified atom stereocenters. The summed E-state index contributed by atoms with van der Waals surface area (Å²) < 4.78 is 1.14. The van der Waals surface area contributed by atoms with Crippen molar-refractivity contribution in [3.8, 4) is 0 Å². The summed E-state index contributed by atoms with van der Waals surface area (Å²) in [4.78, 5) is 23.1. The first-order valence-electron chi connectivity index (χ1n) is 10.0. The van der Waals surface area contributed by atoms with Gasteiger partial charge in [-0.3, -0.25) is 9.69 Å². The zero-order chi connectivity index (χ0) is 20.6. The van der Waals surface area contributed by atoms with Crippen molar-refractivity contribution in [1.82, 2.24) is 9.88 Å². The lowest BCUT2D eigenvalue weighted by molar-refractivity contribution is -0.118. The van der Waals surface area contributed by atoms with Crippen LogP contribution in [-0.2, 0) is 4.79 Å². The van der Waals surface area contributed by atoms with E-state index in [2.05, 4.69) is 62.3 Å². The maximum atomic E-state index is 13.0. The van der Waals surface area contributed by atoms with Gasteiger partial charge in [0.2, 0.25) is 5.91 Å². The van der Waals surface area contributed by atoms with Crippen molar-refractivity contribution in [3.05, 3.63) is 54.1 Å². The highest BCUT2D eigenvalue weighted by Gasteiger charge is 2.19. The van der Waals surface area contributed by atoms with Crippen LogP contribution in [0.3, 0.4) is 0 Å². The molecule has 0 fully saturated rings. The normalized spacial score (nSPS) is 10.9. The molecule has 1 amide bonds. The van der Waals surface area contributed by atoms with E-state index in [0.29, 0.717) is 13.0 Å². The Balaban J connectivity index is 0.00000320. The minimum Gasteiger partial charge on any atom is -0.309 e. The monoisotopic (exact) mass is 463 g/mol. The molecule has 4 nitrogen and oxygen atoms in total. The lowest BCUT2D eigenvalue weighted by Crippen LogP contribution is -2.33. The molecule has 0 saturated heterocycles. The summed E-state index contributed by atoms with van der Waals surface area (Å²) in [5.41, 5.74) is 2.19. The van der Waals surface area contributed by atoms with Gasteiger partial charge in [0, 0.05) is 17.9 Å². The average Bonchev–Trinajstić information content (AvgIpc) is 3.11. The van der Waals surface area contributed by atoms with Gasteiger partial charge in [-0.25, -0.2) is 4.98 Å². The standard InChI is InChI=1S/C23H29N3OS2.ClH/c1-18-12-13-20-21(17-18)29-23(24-20)26(15-8-14-25(2)3)22(27)11-7-16-28-19-9-5-4-6-10-19;/h4-6,9-10,12-13,17H,7-8,11,14-16H2,1-3H3;1H. The van der Waals surface area contributed by atoms with Gasteiger partial charge in [-0.2, -0.15) is 0 Å². The molecule has 1 heterocycles. The highest BCUT2D eigenvalue weighted by Crippen LogP contribution is 2.30. The number of nitrogens with zero attached hydrogens (tertiary/aromatic N) is 3. The van der Waals surface area contributed by atoms with Crippen molar-refractivity contribution in [1.29, 1.82) is 0 Å². The highest BCUT2D eigenvalue weighted by atomic mass is 35.5. The molecule has 0 spiro atoms. The van der Waals surface area contributed by atoms with E-state index in [-0.39, 0.29) is 18.3 Å². The van der Waals surface area contributed by atoms with Gasteiger partial charge in [0.15, 0.2) is 5.13 Å². The topological polar surface area (TPSA) is 36.4 Å². The largest absolute Gasteiger partial charge is 0.309 e. The number of hydrogen-bond donors (Lipinski definition) is 0. The number of thioether (sulfide) groups is 1.